The van der Waals surface area contributed by atoms with E-state index in [2.05, 4.69) is 5.32 Å². The molecule has 156 valence electrons. The van der Waals surface area contributed by atoms with Crippen LogP contribution in [0.1, 0.15) is 48.9 Å². The highest BCUT2D eigenvalue weighted by molar-refractivity contribution is 6.33. The van der Waals surface area contributed by atoms with Crippen molar-refractivity contribution in [2.24, 2.45) is 5.73 Å². The number of primary amides is 1. The second kappa shape index (κ2) is 8.84. The Hall–Kier alpha value is -2.58. The van der Waals surface area contributed by atoms with Crippen molar-refractivity contribution in [3.05, 3.63) is 51.7 Å². The molecule has 29 heavy (non-hydrogen) atoms. The van der Waals surface area contributed by atoms with Crippen LogP contribution >= 0.6 is 11.6 Å². The van der Waals surface area contributed by atoms with Crippen molar-refractivity contribution in [1.29, 1.82) is 0 Å². The minimum absolute atomic E-state index is 0.154. The number of hydrogen-bond acceptors (Lipinski definition) is 4. The van der Waals surface area contributed by atoms with Crippen molar-refractivity contribution in [3.63, 3.8) is 0 Å². The summed E-state index contributed by atoms with van der Waals surface area (Å²) in [7, 11) is 0. The van der Waals surface area contributed by atoms with Crippen LogP contribution in [0.3, 0.4) is 0 Å². The highest BCUT2D eigenvalue weighted by Crippen LogP contribution is 2.27. The number of carbonyl (C=O) groups excluding carboxylic acids is 2. The van der Waals surface area contributed by atoms with Gasteiger partial charge in [0.05, 0.1) is 21.9 Å². The first-order valence-electron chi connectivity index (χ1n) is 9.66. The van der Waals surface area contributed by atoms with Gasteiger partial charge in [-0.05, 0) is 31.0 Å². The molecule has 0 aliphatic heterocycles. The van der Waals surface area contributed by atoms with Crippen molar-refractivity contribution < 1.29 is 14.7 Å². The van der Waals surface area contributed by atoms with E-state index in [9.17, 15) is 19.5 Å². The highest BCUT2D eigenvalue weighted by atomic mass is 35.5. The first-order valence-corrected chi connectivity index (χ1v) is 10.0. The van der Waals surface area contributed by atoms with E-state index >= 15 is 0 Å². The number of nitrogens with one attached hydrogen (secondary N) is 1. The van der Waals surface area contributed by atoms with Crippen LogP contribution in [-0.2, 0) is 11.3 Å². The maximum absolute atomic E-state index is 12.7. The Kier molecular flexibility index (Phi) is 6.44. The molecule has 0 radical (unpaired) electrons. The lowest BCUT2D eigenvalue weighted by Crippen LogP contribution is -2.42. The summed E-state index contributed by atoms with van der Waals surface area (Å²) in [4.78, 5) is 36.2. The second-order valence-electron chi connectivity index (χ2n) is 7.53. The normalized spacial score (nSPS) is 16.2. The van der Waals surface area contributed by atoms with E-state index in [0.29, 0.717) is 18.5 Å². The molecule has 1 aromatic heterocycles. The summed E-state index contributed by atoms with van der Waals surface area (Å²) in [6, 6.07) is 4.64. The number of rotatable bonds is 6. The van der Waals surface area contributed by atoms with E-state index in [0.717, 1.165) is 25.7 Å². The molecule has 3 rings (SSSR count). The van der Waals surface area contributed by atoms with Gasteiger partial charge in [-0.2, -0.15) is 0 Å². The number of hydrogen-bond donors (Lipinski definition) is 3. The molecule has 0 saturated heterocycles. The number of amides is 2. The van der Waals surface area contributed by atoms with Gasteiger partial charge in [-0.3, -0.25) is 18.7 Å². The van der Waals surface area contributed by atoms with Gasteiger partial charge in [-0.25, -0.2) is 4.79 Å². The first-order chi connectivity index (χ1) is 13.8. The molecule has 0 atom stereocenters. The fourth-order valence-electron chi connectivity index (χ4n) is 3.64. The molecule has 1 aromatic carbocycles. The van der Waals surface area contributed by atoms with E-state index in [1.807, 2.05) is 0 Å². The van der Waals surface area contributed by atoms with Gasteiger partial charge in [0.1, 0.15) is 6.54 Å². The third-order valence-corrected chi connectivity index (χ3v) is 5.59. The number of aliphatic hydroxyl groups is 1. The van der Waals surface area contributed by atoms with E-state index in [1.54, 1.807) is 6.07 Å². The van der Waals surface area contributed by atoms with Gasteiger partial charge in [0.25, 0.3) is 5.91 Å². The first kappa shape index (κ1) is 21.1. The van der Waals surface area contributed by atoms with E-state index in [-0.39, 0.29) is 23.7 Å². The summed E-state index contributed by atoms with van der Waals surface area (Å²) in [6.07, 6.45) is 8.31. The molecule has 2 amide bonds. The van der Waals surface area contributed by atoms with Crippen molar-refractivity contribution in [2.45, 2.75) is 50.7 Å². The molecule has 1 heterocycles. The Balaban J connectivity index is 1.78. The van der Waals surface area contributed by atoms with Crippen LogP contribution in [0.5, 0.6) is 0 Å². The second-order valence-corrected chi connectivity index (χ2v) is 7.94. The summed E-state index contributed by atoms with van der Waals surface area (Å²) in [6.45, 7) is -0.0767. The molecular formula is C20H25ClN4O4. The van der Waals surface area contributed by atoms with Gasteiger partial charge < -0.3 is 16.2 Å². The Morgan fingerprint density at radius 2 is 1.86 bits per heavy atom. The molecule has 0 unspecified atom stereocenters. The molecule has 8 nitrogen and oxygen atoms in total. The summed E-state index contributed by atoms with van der Waals surface area (Å²) >= 11 is 6.20. The van der Waals surface area contributed by atoms with E-state index in [1.165, 1.54) is 33.7 Å². The van der Waals surface area contributed by atoms with E-state index < -0.39 is 23.1 Å². The molecule has 1 aliphatic carbocycles. The molecule has 2 aromatic rings. The summed E-state index contributed by atoms with van der Waals surface area (Å²) < 4.78 is 2.48. The minimum Gasteiger partial charge on any atom is -0.388 e. The number of aromatic nitrogens is 2. The van der Waals surface area contributed by atoms with Gasteiger partial charge in [0.2, 0.25) is 5.91 Å². The van der Waals surface area contributed by atoms with Gasteiger partial charge >= 0.3 is 5.69 Å². The Morgan fingerprint density at radius 3 is 2.52 bits per heavy atom. The third-order valence-electron chi connectivity index (χ3n) is 5.26. The topological polar surface area (TPSA) is 119 Å². The predicted molar refractivity (Wildman–Crippen MR) is 109 cm³/mol. The van der Waals surface area contributed by atoms with Crippen molar-refractivity contribution in [2.75, 3.05) is 6.54 Å². The molecule has 1 fully saturated rings. The van der Waals surface area contributed by atoms with Crippen LogP contribution in [0, 0.1) is 0 Å². The zero-order valence-corrected chi connectivity index (χ0v) is 16.8. The molecule has 0 bridgehead atoms. The number of carbonyl (C=O) groups is 2. The van der Waals surface area contributed by atoms with Crippen LogP contribution in [0.4, 0.5) is 0 Å². The Morgan fingerprint density at radius 1 is 1.17 bits per heavy atom. The summed E-state index contributed by atoms with van der Waals surface area (Å²) in [5.74, 6) is -1.04. The molecular weight excluding hydrogens is 396 g/mol. The summed E-state index contributed by atoms with van der Waals surface area (Å²) in [5, 5.41) is 13.7. The standard InChI is InChI=1S/C20H25ClN4O4/c21-16-6-5-14(25-10-9-24(19(25)28)12-17(22)26)11-15(16)18(27)23-13-20(29)7-3-1-2-4-8-20/h5-6,9-11,29H,1-4,7-8,12-13H2,(H2,22,26)(H,23,27). The Labute approximate surface area is 173 Å². The van der Waals surface area contributed by atoms with Crippen LogP contribution in [0.2, 0.25) is 5.02 Å². The lowest BCUT2D eigenvalue weighted by Gasteiger charge is -2.26. The van der Waals surface area contributed by atoms with Gasteiger partial charge in [-0.1, -0.05) is 37.3 Å². The van der Waals surface area contributed by atoms with Gasteiger partial charge in [0.15, 0.2) is 0 Å². The number of benzene rings is 1. The van der Waals surface area contributed by atoms with E-state index in [4.69, 9.17) is 17.3 Å². The van der Waals surface area contributed by atoms with Crippen LogP contribution in [-0.4, -0.2) is 38.2 Å². The molecule has 1 saturated carbocycles. The minimum atomic E-state index is -0.904. The highest BCUT2D eigenvalue weighted by Gasteiger charge is 2.28. The zero-order valence-electron chi connectivity index (χ0n) is 16.1. The SMILES string of the molecule is NC(=O)Cn1ccn(-c2ccc(Cl)c(C(=O)NCC3(O)CCCCCC3)c2)c1=O. The molecule has 0 spiro atoms. The Bertz CT molecular complexity index is 958. The predicted octanol–water partition coefficient (Wildman–Crippen LogP) is 1.59. The zero-order chi connectivity index (χ0) is 21.0. The average molecular weight is 421 g/mol. The fourth-order valence-corrected chi connectivity index (χ4v) is 3.84. The molecule has 1 aliphatic rings. The summed E-state index contributed by atoms with van der Waals surface area (Å²) in [5.41, 5.74) is 4.42. The van der Waals surface area contributed by atoms with Gasteiger partial charge in [-0.15, -0.1) is 0 Å². The van der Waals surface area contributed by atoms with Crippen LogP contribution in [0.15, 0.2) is 35.4 Å². The van der Waals surface area contributed by atoms with Gasteiger partial charge in [0, 0.05) is 18.9 Å². The van der Waals surface area contributed by atoms with Crippen molar-refractivity contribution >= 4 is 23.4 Å². The largest absolute Gasteiger partial charge is 0.388 e. The quantitative estimate of drug-likeness (QED) is 0.614. The monoisotopic (exact) mass is 420 g/mol. The van der Waals surface area contributed by atoms with Crippen molar-refractivity contribution in [3.8, 4) is 5.69 Å². The van der Waals surface area contributed by atoms with Crippen LogP contribution in [0.25, 0.3) is 5.69 Å². The number of nitrogens with zero attached hydrogens (tertiary/aromatic N) is 2. The third kappa shape index (κ3) is 5.07. The number of nitrogens with two attached hydrogens (primary N) is 1. The fraction of sp³-hybridized carbons (Fsp3) is 0.450. The smallest absolute Gasteiger partial charge is 0.333 e. The maximum atomic E-state index is 12.7. The van der Waals surface area contributed by atoms with Crippen molar-refractivity contribution in [1.82, 2.24) is 14.5 Å². The molecule has 9 heteroatoms. The number of halogens is 1. The van der Waals surface area contributed by atoms with Crippen LogP contribution < -0.4 is 16.7 Å². The lowest BCUT2D eigenvalue weighted by atomic mass is 9.94. The lowest BCUT2D eigenvalue weighted by molar-refractivity contribution is -0.118. The average Bonchev–Trinajstić information content (AvgIpc) is 2.89. The maximum Gasteiger partial charge on any atom is 0.333 e. The molecule has 4 N–H and O–H groups in total. The number of imidazole rings is 1.